The standard InChI is InChI=1S/C16H13F3N6/c17-16(18,19)15-22-21-13-3-4-14(23-25(13)15)24-8-5-11(6-9-24)12-2-1-7-20-10-12/h1-5,7,10H,6,8-9H2. The van der Waals surface area contributed by atoms with E-state index in [0.717, 1.165) is 16.5 Å². The molecule has 0 amide bonds. The van der Waals surface area contributed by atoms with E-state index in [2.05, 4.69) is 20.3 Å². The lowest BCUT2D eigenvalue weighted by Crippen LogP contribution is -2.29. The van der Waals surface area contributed by atoms with Gasteiger partial charge in [0, 0.05) is 25.5 Å². The highest BCUT2D eigenvalue weighted by atomic mass is 19.4. The van der Waals surface area contributed by atoms with Crippen molar-refractivity contribution in [2.24, 2.45) is 0 Å². The number of fused-ring (bicyclic) bond motifs is 1. The number of aromatic nitrogens is 5. The molecular weight excluding hydrogens is 333 g/mol. The van der Waals surface area contributed by atoms with Gasteiger partial charge in [0.05, 0.1) is 0 Å². The molecule has 0 fully saturated rings. The third-order valence-corrected chi connectivity index (χ3v) is 4.07. The smallest absolute Gasteiger partial charge is 0.351 e. The summed E-state index contributed by atoms with van der Waals surface area (Å²) in [6.45, 7) is 1.22. The van der Waals surface area contributed by atoms with Crippen molar-refractivity contribution in [3.63, 3.8) is 0 Å². The van der Waals surface area contributed by atoms with E-state index >= 15 is 0 Å². The molecule has 4 rings (SSSR count). The first-order valence-electron chi connectivity index (χ1n) is 7.66. The zero-order chi connectivity index (χ0) is 17.4. The third-order valence-electron chi connectivity index (χ3n) is 4.07. The van der Waals surface area contributed by atoms with Gasteiger partial charge in [0.15, 0.2) is 5.65 Å². The van der Waals surface area contributed by atoms with Crippen molar-refractivity contribution in [1.29, 1.82) is 0 Å². The maximum atomic E-state index is 13.0. The van der Waals surface area contributed by atoms with Crippen LogP contribution in [0.3, 0.4) is 0 Å². The van der Waals surface area contributed by atoms with Crippen molar-refractivity contribution in [3.8, 4) is 0 Å². The zero-order valence-electron chi connectivity index (χ0n) is 13.0. The number of rotatable bonds is 2. The van der Waals surface area contributed by atoms with Gasteiger partial charge in [-0.1, -0.05) is 12.1 Å². The number of alkyl halides is 3. The number of hydrogen-bond acceptors (Lipinski definition) is 5. The summed E-state index contributed by atoms with van der Waals surface area (Å²) in [7, 11) is 0. The Morgan fingerprint density at radius 1 is 1.08 bits per heavy atom. The first-order chi connectivity index (χ1) is 12.0. The summed E-state index contributed by atoms with van der Waals surface area (Å²) in [6, 6.07) is 7.02. The van der Waals surface area contributed by atoms with Gasteiger partial charge in [-0.25, -0.2) is 0 Å². The van der Waals surface area contributed by atoms with Crippen LogP contribution < -0.4 is 4.90 Å². The molecule has 128 valence electrons. The van der Waals surface area contributed by atoms with E-state index in [1.807, 2.05) is 23.1 Å². The Balaban J connectivity index is 1.62. The Hall–Kier alpha value is -2.97. The van der Waals surface area contributed by atoms with E-state index in [0.29, 0.717) is 18.9 Å². The summed E-state index contributed by atoms with van der Waals surface area (Å²) in [5, 5.41) is 10.8. The van der Waals surface area contributed by atoms with Crippen LogP contribution in [0.1, 0.15) is 17.8 Å². The Kier molecular flexibility index (Phi) is 3.63. The Morgan fingerprint density at radius 2 is 1.96 bits per heavy atom. The molecule has 3 aromatic rings. The largest absolute Gasteiger partial charge is 0.453 e. The molecular formula is C16H13F3N6. The molecule has 0 saturated carbocycles. The predicted octanol–water partition coefficient (Wildman–Crippen LogP) is 2.83. The minimum Gasteiger partial charge on any atom is -0.351 e. The lowest BCUT2D eigenvalue weighted by molar-refractivity contribution is -0.146. The molecule has 0 unspecified atom stereocenters. The molecule has 0 saturated heterocycles. The molecule has 25 heavy (non-hydrogen) atoms. The van der Waals surface area contributed by atoms with E-state index in [1.165, 1.54) is 11.6 Å². The quantitative estimate of drug-likeness (QED) is 0.714. The predicted molar refractivity (Wildman–Crippen MR) is 84.8 cm³/mol. The lowest BCUT2D eigenvalue weighted by atomic mass is 10.0. The van der Waals surface area contributed by atoms with Crippen LogP contribution in [0.15, 0.2) is 42.7 Å². The lowest BCUT2D eigenvalue weighted by Gasteiger charge is -2.27. The van der Waals surface area contributed by atoms with Crippen LogP contribution in [-0.4, -0.2) is 37.9 Å². The minimum absolute atomic E-state index is 0.0691. The molecule has 0 aromatic carbocycles. The molecule has 0 bridgehead atoms. The molecule has 1 aliphatic rings. The zero-order valence-corrected chi connectivity index (χ0v) is 13.0. The van der Waals surface area contributed by atoms with Gasteiger partial charge in [-0.2, -0.15) is 17.7 Å². The maximum Gasteiger partial charge on any atom is 0.453 e. The van der Waals surface area contributed by atoms with Gasteiger partial charge in [-0.05, 0) is 35.8 Å². The third kappa shape index (κ3) is 2.92. The SMILES string of the molecule is FC(F)(F)c1nnc2ccc(N3CC=C(c4cccnc4)CC3)nn12. The summed E-state index contributed by atoms with van der Waals surface area (Å²) in [4.78, 5) is 6.02. The maximum absolute atomic E-state index is 13.0. The topological polar surface area (TPSA) is 59.2 Å². The average molecular weight is 346 g/mol. The molecule has 0 radical (unpaired) electrons. The molecule has 9 heteroatoms. The normalized spacial score (nSPS) is 15.5. The van der Waals surface area contributed by atoms with E-state index in [-0.39, 0.29) is 5.65 Å². The highest BCUT2D eigenvalue weighted by molar-refractivity contribution is 5.67. The molecule has 1 aliphatic heterocycles. The van der Waals surface area contributed by atoms with Crippen molar-refractivity contribution in [2.45, 2.75) is 12.6 Å². The van der Waals surface area contributed by atoms with Crippen LogP contribution >= 0.6 is 0 Å². The van der Waals surface area contributed by atoms with Crippen LogP contribution in [0.4, 0.5) is 19.0 Å². The summed E-state index contributed by atoms with van der Waals surface area (Å²) in [5.41, 5.74) is 2.30. The van der Waals surface area contributed by atoms with Gasteiger partial charge >= 0.3 is 6.18 Å². The second-order valence-electron chi connectivity index (χ2n) is 5.65. The van der Waals surface area contributed by atoms with E-state index in [9.17, 15) is 13.2 Å². The van der Waals surface area contributed by atoms with Gasteiger partial charge in [0.2, 0.25) is 0 Å². The first kappa shape index (κ1) is 15.6. The van der Waals surface area contributed by atoms with Crippen LogP contribution in [0.2, 0.25) is 0 Å². The summed E-state index contributed by atoms with van der Waals surface area (Å²) >= 11 is 0. The fourth-order valence-electron chi connectivity index (χ4n) is 2.82. The van der Waals surface area contributed by atoms with E-state index in [1.54, 1.807) is 18.5 Å². The van der Waals surface area contributed by atoms with Gasteiger partial charge in [0.25, 0.3) is 5.82 Å². The van der Waals surface area contributed by atoms with E-state index < -0.39 is 12.0 Å². The molecule has 4 heterocycles. The minimum atomic E-state index is -4.60. The fraction of sp³-hybridized carbons (Fsp3) is 0.250. The van der Waals surface area contributed by atoms with Crippen molar-refractivity contribution in [2.75, 3.05) is 18.0 Å². The molecule has 0 atom stereocenters. The van der Waals surface area contributed by atoms with E-state index in [4.69, 9.17) is 0 Å². The van der Waals surface area contributed by atoms with Crippen molar-refractivity contribution in [3.05, 3.63) is 54.1 Å². The molecule has 0 aliphatic carbocycles. The Morgan fingerprint density at radius 3 is 2.64 bits per heavy atom. The van der Waals surface area contributed by atoms with Crippen LogP contribution in [0.25, 0.3) is 11.2 Å². The van der Waals surface area contributed by atoms with Crippen LogP contribution in [-0.2, 0) is 6.18 Å². The number of anilines is 1. The molecule has 6 nitrogen and oxygen atoms in total. The van der Waals surface area contributed by atoms with Crippen molar-refractivity contribution in [1.82, 2.24) is 24.8 Å². The second-order valence-corrected chi connectivity index (χ2v) is 5.65. The Bertz CT molecular complexity index is 932. The monoisotopic (exact) mass is 346 g/mol. The second kappa shape index (κ2) is 5.83. The molecule has 0 N–H and O–H groups in total. The summed E-state index contributed by atoms with van der Waals surface area (Å²) in [5.74, 6) is -0.660. The fourth-order valence-corrected chi connectivity index (χ4v) is 2.82. The first-order valence-corrected chi connectivity index (χ1v) is 7.66. The number of nitrogens with zero attached hydrogens (tertiary/aromatic N) is 6. The highest BCUT2D eigenvalue weighted by Crippen LogP contribution is 2.29. The van der Waals surface area contributed by atoms with Gasteiger partial charge in [-0.3, -0.25) is 4.98 Å². The summed E-state index contributed by atoms with van der Waals surface area (Å²) in [6.07, 6.45) is 1.73. The summed E-state index contributed by atoms with van der Waals surface area (Å²) < 4.78 is 39.7. The molecule has 3 aromatic heterocycles. The van der Waals surface area contributed by atoms with Crippen LogP contribution in [0.5, 0.6) is 0 Å². The number of hydrogen-bond donors (Lipinski definition) is 0. The van der Waals surface area contributed by atoms with Gasteiger partial charge in [-0.15, -0.1) is 15.3 Å². The van der Waals surface area contributed by atoms with Crippen LogP contribution in [0, 0.1) is 0 Å². The number of pyridine rings is 1. The molecule has 0 spiro atoms. The average Bonchev–Trinajstić information content (AvgIpc) is 3.06. The highest BCUT2D eigenvalue weighted by Gasteiger charge is 2.37. The number of halogens is 3. The van der Waals surface area contributed by atoms with Gasteiger partial charge < -0.3 is 4.90 Å². The Labute approximate surface area is 140 Å². The van der Waals surface area contributed by atoms with Gasteiger partial charge in [0.1, 0.15) is 5.82 Å². The van der Waals surface area contributed by atoms with Crippen molar-refractivity contribution >= 4 is 17.0 Å². The van der Waals surface area contributed by atoms with Crippen molar-refractivity contribution < 1.29 is 13.2 Å².